The number of nitrogens with zero attached hydrogens (tertiary/aromatic N) is 3. The average Bonchev–Trinajstić information content (AvgIpc) is 2.54. The Labute approximate surface area is 130 Å². The lowest BCUT2D eigenvalue weighted by atomic mass is 10.0. The van der Waals surface area contributed by atoms with Gasteiger partial charge < -0.3 is 15.1 Å². The first-order chi connectivity index (χ1) is 10.7. The summed E-state index contributed by atoms with van der Waals surface area (Å²) in [6, 6.07) is 11.6. The van der Waals surface area contributed by atoms with E-state index in [4.69, 9.17) is 0 Å². The Bertz CT molecular complexity index is 657. The molecule has 1 unspecified atom stereocenters. The number of amides is 1. The SMILES string of the molecule is CN(C)CCN1c2ccccc2C(=O)NC1c1cccnc1. The lowest BCUT2D eigenvalue weighted by Crippen LogP contribution is -2.48. The molecule has 1 amide bonds. The van der Waals surface area contributed by atoms with Gasteiger partial charge in [-0.1, -0.05) is 18.2 Å². The fraction of sp³-hybridized carbons (Fsp3) is 0.294. The summed E-state index contributed by atoms with van der Waals surface area (Å²) in [5, 5.41) is 3.09. The van der Waals surface area contributed by atoms with Gasteiger partial charge in [-0.25, -0.2) is 0 Å². The minimum Gasteiger partial charge on any atom is -0.345 e. The molecule has 0 bridgehead atoms. The van der Waals surface area contributed by atoms with Gasteiger partial charge in [-0.05, 0) is 32.3 Å². The van der Waals surface area contributed by atoms with E-state index in [1.54, 1.807) is 6.20 Å². The monoisotopic (exact) mass is 296 g/mol. The van der Waals surface area contributed by atoms with Crippen molar-refractivity contribution in [3.05, 3.63) is 59.9 Å². The number of nitrogens with one attached hydrogen (secondary N) is 1. The fourth-order valence-electron chi connectivity index (χ4n) is 2.69. The van der Waals surface area contributed by atoms with Gasteiger partial charge in [0, 0.05) is 31.0 Å². The van der Waals surface area contributed by atoms with E-state index >= 15 is 0 Å². The molecule has 22 heavy (non-hydrogen) atoms. The molecule has 0 saturated carbocycles. The van der Waals surface area contributed by atoms with Gasteiger partial charge >= 0.3 is 0 Å². The van der Waals surface area contributed by atoms with Gasteiger partial charge in [-0.3, -0.25) is 9.78 Å². The van der Waals surface area contributed by atoms with Crippen LogP contribution in [-0.2, 0) is 0 Å². The zero-order chi connectivity index (χ0) is 15.5. The lowest BCUT2D eigenvalue weighted by molar-refractivity contribution is 0.0926. The summed E-state index contributed by atoms with van der Waals surface area (Å²) in [7, 11) is 4.10. The van der Waals surface area contributed by atoms with Crippen LogP contribution in [0.3, 0.4) is 0 Å². The second kappa shape index (κ2) is 6.15. The Morgan fingerprint density at radius 2 is 2.05 bits per heavy atom. The smallest absolute Gasteiger partial charge is 0.255 e. The van der Waals surface area contributed by atoms with Crippen LogP contribution in [0, 0.1) is 0 Å². The average molecular weight is 296 g/mol. The number of likely N-dealkylation sites (N-methyl/N-ethyl adjacent to an activating group) is 1. The molecule has 1 aromatic carbocycles. The van der Waals surface area contributed by atoms with E-state index < -0.39 is 0 Å². The second-order valence-electron chi connectivity index (χ2n) is 5.68. The standard InChI is InChI=1S/C17H20N4O/c1-20(2)10-11-21-15-8-4-3-7-14(15)17(22)19-16(21)13-6-5-9-18-12-13/h3-9,12,16H,10-11H2,1-2H3,(H,19,22). The van der Waals surface area contributed by atoms with Gasteiger partial charge in [0.1, 0.15) is 6.17 Å². The third-order valence-corrected chi connectivity index (χ3v) is 3.83. The zero-order valence-electron chi connectivity index (χ0n) is 12.9. The summed E-state index contributed by atoms with van der Waals surface area (Å²) in [5.41, 5.74) is 2.69. The highest BCUT2D eigenvalue weighted by Gasteiger charge is 2.31. The van der Waals surface area contributed by atoms with Crippen molar-refractivity contribution in [2.24, 2.45) is 0 Å². The Balaban J connectivity index is 2.00. The number of hydrogen-bond acceptors (Lipinski definition) is 4. The maximum absolute atomic E-state index is 12.4. The van der Waals surface area contributed by atoms with Crippen molar-refractivity contribution in [2.75, 3.05) is 32.1 Å². The van der Waals surface area contributed by atoms with Gasteiger partial charge in [0.25, 0.3) is 5.91 Å². The minimum absolute atomic E-state index is 0.0365. The number of pyridine rings is 1. The predicted octanol–water partition coefficient (Wildman–Crippen LogP) is 1.89. The van der Waals surface area contributed by atoms with E-state index in [2.05, 4.69) is 20.1 Å². The van der Waals surface area contributed by atoms with Crippen LogP contribution in [0.25, 0.3) is 0 Å². The van der Waals surface area contributed by atoms with Gasteiger partial charge in [0.15, 0.2) is 0 Å². The number of fused-ring (bicyclic) bond motifs is 1. The molecule has 2 aromatic rings. The van der Waals surface area contributed by atoms with Crippen molar-refractivity contribution < 1.29 is 4.79 Å². The van der Waals surface area contributed by atoms with Crippen LogP contribution in [0.1, 0.15) is 22.1 Å². The van der Waals surface area contributed by atoms with E-state index in [-0.39, 0.29) is 12.1 Å². The van der Waals surface area contributed by atoms with E-state index in [1.807, 2.05) is 56.7 Å². The van der Waals surface area contributed by atoms with Crippen LogP contribution in [0.15, 0.2) is 48.8 Å². The number of hydrogen-bond donors (Lipinski definition) is 1. The summed E-state index contributed by atoms with van der Waals surface area (Å²) < 4.78 is 0. The number of anilines is 1. The van der Waals surface area contributed by atoms with E-state index in [0.29, 0.717) is 0 Å². The summed E-state index contributed by atoms with van der Waals surface area (Å²) in [4.78, 5) is 20.9. The first-order valence-corrected chi connectivity index (χ1v) is 7.38. The molecule has 0 spiro atoms. The summed E-state index contributed by atoms with van der Waals surface area (Å²) in [6.07, 6.45) is 3.37. The van der Waals surface area contributed by atoms with Crippen LogP contribution in [0.4, 0.5) is 5.69 Å². The molecule has 0 fully saturated rings. The molecule has 0 radical (unpaired) electrons. The number of aromatic nitrogens is 1. The fourth-order valence-corrected chi connectivity index (χ4v) is 2.69. The molecule has 2 heterocycles. The molecular formula is C17H20N4O. The van der Waals surface area contributed by atoms with Crippen molar-refractivity contribution in [3.63, 3.8) is 0 Å². The largest absolute Gasteiger partial charge is 0.345 e. The lowest BCUT2D eigenvalue weighted by Gasteiger charge is -2.39. The van der Waals surface area contributed by atoms with E-state index in [1.165, 1.54) is 0 Å². The Hall–Kier alpha value is -2.40. The molecule has 0 saturated heterocycles. The van der Waals surface area contributed by atoms with Crippen LogP contribution in [0.5, 0.6) is 0 Å². The van der Waals surface area contributed by atoms with Gasteiger partial charge in [-0.2, -0.15) is 0 Å². The summed E-state index contributed by atoms with van der Waals surface area (Å²) >= 11 is 0. The predicted molar refractivity (Wildman–Crippen MR) is 86.8 cm³/mol. The van der Waals surface area contributed by atoms with Crippen molar-refractivity contribution in [3.8, 4) is 0 Å². The van der Waals surface area contributed by atoms with Crippen molar-refractivity contribution in [2.45, 2.75) is 6.17 Å². The van der Waals surface area contributed by atoms with Crippen LogP contribution < -0.4 is 10.2 Å². The maximum atomic E-state index is 12.4. The highest BCUT2D eigenvalue weighted by molar-refractivity contribution is 6.02. The van der Waals surface area contributed by atoms with Crippen molar-refractivity contribution in [1.82, 2.24) is 15.2 Å². The first-order valence-electron chi connectivity index (χ1n) is 7.38. The highest BCUT2D eigenvalue weighted by atomic mass is 16.2. The van der Waals surface area contributed by atoms with Crippen molar-refractivity contribution in [1.29, 1.82) is 0 Å². The highest BCUT2D eigenvalue weighted by Crippen LogP contribution is 2.32. The molecular weight excluding hydrogens is 276 g/mol. The number of carbonyl (C=O) groups is 1. The molecule has 1 N–H and O–H groups in total. The number of para-hydroxylation sites is 1. The molecule has 114 valence electrons. The van der Waals surface area contributed by atoms with Gasteiger partial charge in [-0.15, -0.1) is 0 Å². The maximum Gasteiger partial charge on any atom is 0.255 e. The van der Waals surface area contributed by atoms with Gasteiger partial charge in [0.2, 0.25) is 0 Å². The van der Waals surface area contributed by atoms with Gasteiger partial charge in [0.05, 0.1) is 11.3 Å². The van der Waals surface area contributed by atoms with Crippen LogP contribution >= 0.6 is 0 Å². The number of rotatable bonds is 4. The van der Waals surface area contributed by atoms with Crippen molar-refractivity contribution >= 4 is 11.6 Å². The second-order valence-corrected chi connectivity index (χ2v) is 5.68. The Morgan fingerprint density at radius 1 is 1.23 bits per heavy atom. The molecule has 1 atom stereocenters. The normalized spacial score (nSPS) is 17.3. The third-order valence-electron chi connectivity index (χ3n) is 3.83. The van der Waals surface area contributed by atoms with Crippen LogP contribution in [0.2, 0.25) is 0 Å². The first kappa shape index (κ1) is 14.5. The molecule has 3 rings (SSSR count). The summed E-state index contributed by atoms with van der Waals surface area (Å²) in [5.74, 6) is -0.0365. The molecule has 1 aromatic heterocycles. The van der Waals surface area contributed by atoms with E-state index in [0.717, 1.165) is 29.9 Å². The van der Waals surface area contributed by atoms with Crippen LogP contribution in [-0.4, -0.2) is 43.0 Å². The quantitative estimate of drug-likeness (QED) is 0.936. The summed E-state index contributed by atoms with van der Waals surface area (Å²) in [6.45, 7) is 1.73. The minimum atomic E-state index is -0.184. The molecule has 5 nitrogen and oxygen atoms in total. The molecule has 0 aliphatic carbocycles. The number of benzene rings is 1. The third kappa shape index (κ3) is 2.80. The molecule has 5 heteroatoms. The molecule has 1 aliphatic heterocycles. The number of carbonyl (C=O) groups excluding carboxylic acids is 1. The molecule has 1 aliphatic rings. The van der Waals surface area contributed by atoms with E-state index in [9.17, 15) is 4.79 Å². The topological polar surface area (TPSA) is 48.5 Å². The Morgan fingerprint density at radius 3 is 2.77 bits per heavy atom. The zero-order valence-corrected chi connectivity index (χ0v) is 12.9. The Kier molecular flexibility index (Phi) is 4.06.